The Morgan fingerprint density at radius 1 is 1.09 bits per heavy atom. The van der Waals surface area contributed by atoms with Crippen molar-refractivity contribution in [2.24, 2.45) is 0 Å². The molecule has 2 aliphatic rings. The minimum absolute atomic E-state index is 0.0880. The van der Waals surface area contributed by atoms with E-state index >= 15 is 0 Å². The van der Waals surface area contributed by atoms with E-state index in [9.17, 15) is 24.0 Å². The Morgan fingerprint density at radius 2 is 1.85 bits per heavy atom. The van der Waals surface area contributed by atoms with E-state index in [1.807, 2.05) is 26.0 Å². The van der Waals surface area contributed by atoms with Gasteiger partial charge in [0.05, 0.1) is 11.1 Å². The Balaban J connectivity index is 1.55. The molecule has 6 amide bonds. The number of piperidine rings is 1. The normalized spacial score (nSPS) is 17.5. The van der Waals surface area contributed by atoms with E-state index in [0.29, 0.717) is 11.3 Å². The highest BCUT2D eigenvalue weighted by Gasteiger charge is 2.41. The van der Waals surface area contributed by atoms with Crippen LogP contribution in [0, 0.1) is 13.8 Å². The minimum Gasteiger partial charge on any atom is -0.322 e. The summed E-state index contributed by atoms with van der Waals surface area (Å²) in [5, 5.41) is 4.95. The summed E-state index contributed by atoms with van der Waals surface area (Å²) >= 11 is 0. The second-order valence-electron chi connectivity index (χ2n) is 8.33. The first-order valence-corrected chi connectivity index (χ1v) is 10.6. The van der Waals surface area contributed by atoms with Gasteiger partial charge in [0.1, 0.15) is 6.04 Å². The number of amides is 6. The molecule has 0 radical (unpaired) electrons. The predicted octanol–water partition coefficient (Wildman–Crippen LogP) is 2.37. The Morgan fingerprint density at radius 3 is 2.55 bits per heavy atom. The third-order valence-corrected chi connectivity index (χ3v) is 6.15. The smallest absolute Gasteiger partial charge is 0.322 e. The number of carbonyl (C=O) groups excluding carboxylic acids is 5. The van der Waals surface area contributed by atoms with E-state index in [1.165, 1.54) is 18.0 Å². The summed E-state index contributed by atoms with van der Waals surface area (Å²) < 4.78 is 0. The fraction of sp³-hybridized carbons (Fsp3) is 0.292. The van der Waals surface area contributed by atoms with Crippen LogP contribution in [0.5, 0.6) is 0 Å². The fourth-order valence-corrected chi connectivity index (χ4v) is 4.09. The van der Waals surface area contributed by atoms with Gasteiger partial charge in [-0.25, -0.2) is 4.79 Å². The van der Waals surface area contributed by atoms with E-state index in [0.717, 1.165) is 16.0 Å². The molecule has 9 heteroatoms. The van der Waals surface area contributed by atoms with E-state index < -0.39 is 29.8 Å². The molecule has 33 heavy (non-hydrogen) atoms. The number of rotatable bonds is 3. The number of imide groups is 2. The Labute approximate surface area is 190 Å². The van der Waals surface area contributed by atoms with E-state index in [4.69, 9.17) is 0 Å². The summed E-state index contributed by atoms with van der Waals surface area (Å²) in [6.45, 7) is 4.04. The van der Waals surface area contributed by atoms with Gasteiger partial charge in [-0.1, -0.05) is 18.2 Å². The lowest BCUT2D eigenvalue weighted by Crippen LogP contribution is -2.52. The molecule has 2 aromatic carbocycles. The zero-order chi connectivity index (χ0) is 23.9. The van der Waals surface area contributed by atoms with Crippen molar-refractivity contribution in [3.05, 3.63) is 64.2 Å². The van der Waals surface area contributed by atoms with Crippen LogP contribution in [0.25, 0.3) is 0 Å². The Kier molecular flexibility index (Phi) is 5.71. The molecular formula is C24H24N4O5. The number of aryl methyl sites for hydroxylation is 2. The fourth-order valence-electron chi connectivity index (χ4n) is 4.09. The van der Waals surface area contributed by atoms with E-state index in [1.54, 1.807) is 18.2 Å². The van der Waals surface area contributed by atoms with Crippen molar-refractivity contribution in [3.8, 4) is 0 Å². The summed E-state index contributed by atoms with van der Waals surface area (Å²) in [4.78, 5) is 65.1. The predicted molar refractivity (Wildman–Crippen MR) is 120 cm³/mol. The van der Waals surface area contributed by atoms with Crippen molar-refractivity contribution in [2.75, 3.05) is 12.4 Å². The molecule has 2 aromatic rings. The van der Waals surface area contributed by atoms with Crippen LogP contribution < -0.4 is 10.6 Å². The average molecular weight is 448 g/mol. The zero-order valence-corrected chi connectivity index (χ0v) is 18.6. The number of anilines is 1. The molecular weight excluding hydrogens is 424 g/mol. The molecule has 1 saturated heterocycles. The van der Waals surface area contributed by atoms with Gasteiger partial charge in [-0.3, -0.25) is 29.4 Å². The maximum Gasteiger partial charge on any atom is 0.328 e. The minimum atomic E-state index is -0.781. The second-order valence-corrected chi connectivity index (χ2v) is 8.33. The standard InChI is InChI=1S/C24H24N4O5/c1-13-7-8-16(11-14(13)2)25-24(33)27(3)22(31)17-6-4-5-15-12-28(23(32)20(15)17)18-9-10-19(29)26-21(18)30/h4-8,11,18H,9-10,12H2,1-3H3,(H,25,33)(H,26,29,30). The highest BCUT2D eigenvalue weighted by atomic mass is 16.2. The van der Waals surface area contributed by atoms with Crippen LogP contribution >= 0.6 is 0 Å². The van der Waals surface area contributed by atoms with Gasteiger partial charge in [0, 0.05) is 25.7 Å². The van der Waals surface area contributed by atoms with Crippen LogP contribution in [0.15, 0.2) is 36.4 Å². The summed E-state index contributed by atoms with van der Waals surface area (Å²) in [6.07, 6.45) is 0.371. The number of hydrogen-bond acceptors (Lipinski definition) is 5. The largest absolute Gasteiger partial charge is 0.328 e. The van der Waals surface area contributed by atoms with E-state index in [-0.39, 0.29) is 36.4 Å². The van der Waals surface area contributed by atoms with Crippen LogP contribution in [0.2, 0.25) is 0 Å². The van der Waals surface area contributed by atoms with E-state index in [2.05, 4.69) is 10.6 Å². The lowest BCUT2D eigenvalue weighted by Gasteiger charge is -2.29. The van der Waals surface area contributed by atoms with Crippen molar-refractivity contribution < 1.29 is 24.0 Å². The zero-order valence-electron chi connectivity index (χ0n) is 18.6. The molecule has 9 nitrogen and oxygen atoms in total. The highest BCUT2D eigenvalue weighted by molar-refractivity contribution is 6.15. The maximum absolute atomic E-state index is 13.2. The number of benzene rings is 2. The molecule has 170 valence electrons. The van der Waals surface area contributed by atoms with Crippen LogP contribution in [-0.2, 0) is 16.1 Å². The summed E-state index contributed by atoms with van der Waals surface area (Å²) in [5.74, 6) is -1.99. The lowest BCUT2D eigenvalue weighted by atomic mass is 10.0. The van der Waals surface area contributed by atoms with Gasteiger partial charge < -0.3 is 10.2 Å². The molecule has 0 aliphatic carbocycles. The van der Waals surface area contributed by atoms with Crippen molar-refractivity contribution in [2.45, 2.75) is 39.3 Å². The maximum atomic E-state index is 13.2. The van der Waals surface area contributed by atoms with Crippen molar-refractivity contribution in [1.82, 2.24) is 15.1 Å². The number of nitrogens with zero attached hydrogens (tertiary/aromatic N) is 2. The molecule has 0 aromatic heterocycles. The molecule has 1 fully saturated rings. The first kappa shape index (κ1) is 22.2. The van der Waals surface area contributed by atoms with Crippen molar-refractivity contribution >= 4 is 35.3 Å². The van der Waals surface area contributed by atoms with Gasteiger partial charge >= 0.3 is 6.03 Å². The molecule has 1 atom stereocenters. The van der Waals surface area contributed by atoms with Crippen molar-refractivity contribution in [1.29, 1.82) is 0 Å². The van der Waals surface area contributed by atoms with Gasteiger partial charge in [-0.05, 0) is 55.2 Å². The quantitative estimate of drug-likeness (QED) is 0.700. The van der Waals surface area contributed by atoms with Crippen LogP contribution in [0.3, 0.4) is 0 Å². The number of fused-ring (bicyclic) bond motifs is 1. The molecule has 4 rings (SSSR count). The molecule has 2 aliphatic heterocycles. The lowest BCUT2D eigenvalue weighted by molar-refractivity contribution is -0.136. The Bertz CT molecular complexity index is 1210. The summed E-state index contributed by atoms with van der Waals surface area (Å²) in [6, 6.07) is 8.87. The van der Waals surface area contributed by atoms with Gasteiger partial charge in [-0.2, -0.15) is 0 Å². The Hall–Kier alpha value is -4.01. The highest BCUT2D eigenvalue weighted by Crippen LogP contribution is 2.30. The molecule has 2 N–H and O–H groups in total. The number of nitrogens with one attached hydrogen (secondary N) is 2. The van der Waals surface area contributed by atoms with Gasteiger partial charge in [0.2, 0.25) is 11.8 Å². The molecule has 0 saturated carbocycles. The molecule has 0 spiro atoms. The van der Waals surface area contributed by atoms with Gasteiger partial charge in [0.15, 0.2) is 0 Å². The number of urea groups is 1. The van der Waals surface area contributed by atoms with Crippen LogP contribution in [-0.4, -0.2) is 52.5 Å². The van der Waals surface area contributed by atoms with Gasteiger partial charge in [-0.15, -0.1) is 0 Å². The number of carbonyl (C=O) groups is 5. The summed E-state index contributed by atoms with van der Waals surface area (Å²) in [7, 11) is 1.34. The van der Waals surface area contributed by atoms with Gasteiger partial charge in [0.25, 0.3) is 11.8 Å². The third kappa shape index (κ3) is 4.09. The molecule has 1 unspecified atom stereocenters. The third-order valence-electron chi connectivity index (χ3n) is 6.15. The van der Waals surface area contributed by atoms with Crippen LogP contribution in [0.4, 0.5) is 10.5 Å². The second kappa shape index (κ2) is 8.50. The molecule has 0 bridgehead atoms. The summed E-state index contributed by atoms with van der Waals surface area (Å²) in [5.41, 5.74) is 3.50. The SMILES string of the molecule is Cc1ccc(NC(=O)N(C)C(=O)c2cccc3c2C(=O)N(C2CCC(=O)NC2=O)C3)cc1C. The monoisotopic (exact) mass is 448 g/mol. The topological polar surface area (TPSA) is 116 Å². The first-order valence-electron chi connectivity index (χ1n) is 10.6. The van der Waals surface area contributed by atoms with Crippen LogP contribution in [0.1, 0.15) is 50.2 Å². The first-order chi connectivity index (χ1) is 15.7. The average Bonchev–Trinajstić information content (AvgIpc) is 3.11. The van der Waals surface area contributed by atoms with Crippen molar-refractivity contribution in [3.63, 3.8) is 0 Å². The number of hydrogen-bond donors (Lipinski definition) is 2. The molecule has 2 heterocycles.